The Morgan fingerprint density at radius 1 is 1.43 bits per heavy atom. The second-order valence-electron chi connectivity index (χ2n) is 4.04. The first-order chi connectivity index (χ1) is 6.83. The van der Waals surface area contributed by atoms with E-state index in [-0.39, 0.29) is 17.9 Å². The lowest BCUT2D eigenvalue weighted by atomic mass is 9.86. The van der Waals surface area contributed by atoms with Gasteiger partial charge in [-0.25, -0.2) is 0 Å². The number of carbonyl (C=O) groups is 1. The summed E-state index contributed by atoms with van der Waals surface area (Å²) in [4.78, 5) is 13.7. The van der Waals surface area contributed by atoms with E-state index in [4.69, 9.17) is 5.02 Å². The fourth-order valence-electron chi connectivity index (χ4n) is 2.32. The third-order valence-electron chi connectivity index (χ3n) is 3.11. The van der Waals surface area contributed by atoms with Crippen molar-refractivity contribution in [2.24, 2.45) is 0 Å². The van der Waals surface area contributed by atoms with Crippen molar-refractivity contribution in [2.45, 2.75) is 37.7 Å². The van der Waals surface area contributed by atoms with Crippen LogP contribution in [0.5, 0.6) is 0 Å². The van der Waals surface area contributed by atoms with E-state index >= 15 is 0 Å². The van der Waals surface area contributed by atoms with Gasteiger partial charge in [0.05, 0.1) is 6.04 Å². The van der Waals surface area contributed by atoms with E-state index in [9.17, 15) is 4.79 Å². The molecule has 0 aromatic heterocycles. The molecule has 2 fully saturated rings. The van der Waals surface area contributed by atoms with Gasteiger partial charge in [0.2, 0.25) is 5.91 Å². The zero-order valence-corrected chi connectivity index (χ0v) is 8.28. The van der Waals surface area contributed by atoms with E-state index in [1.54, 1.807) is 4.90 Å². The summed E-state index contributed by atoms with van der Waals surface area (Å²) < 4.78 is 0. The zero-order chi connectivity index (χ0) is 9.97. The molecule has 2 N–H and O–H groups in total. The van der Waals surface area contributed by atoms with Crippen LogP contribution in [0.4, 0.5) is 0 Å². The predicted octanol–water partition coefficient (Wildman–Crippen LogP) is -0.702. The zero-order valence-electron chi connectivity index (χ0n) is 8.28. The second-order valence-corrected chi connectivity index (χ2v) is 4.04. The first kappa shape index (κ1) is 9.99. The van der Waals surface area contributed by atoms with Crippen molar-refractivity contribution in [3.63, 3.8) is 0 Å². The van der Waals surface area contributed by atoms with Gasteiger partial charge in [-0.3, -0.25) is 4.79 Å². The summed E-state index contributed by atoms with van der Waals surface area (Å²) in [6, 6.07) is -0.00412. The topological polar surface area (TPSA) is 52.6 Å². The SMILES string of the molecule is O=C(C1CCCN1)N1CCCC1[B]O. The number of amides is 1. The molecule has 1 amide bonds. The first-order valence-corrected chi connectivity index (χ1v) is 5.34. The third-order valence-corrected chi connectivity index (χ3v) is 3.11. The van der Waals surface area contributed by atoms with E-state index < -0.39 is 0 Å². The molecule has 0 saturated carbocycles. The Balaban J connectivity index is 1.95. The van der Waals surface area contributed by atoms with Gasteiger partial charge in [0.25, 0.3) is 0 Å². The lowest BCUT2D eigenvalue weighted by Crippen LogP contribution is -2.47. The van der Waals surface area contributed by atoms with E-state index in [1.807, 2.05) is 0 Å². The smallest absolute Gasteiger partial charge is 0.312 e. The summed E-state index contributed by atoms with van der Waals surface area (Å²) in [5.74, 6) is 0.111. The van der Waals surface area contributed by atoms with Crippen molar-refractivity contribution in [1.82, 2.24) is 10.2 Å². The normalized spacial score (nSPS) is 32.2. The fraction of sp³-hybridized carbons (Fsp3) is 0.889. The molecule has 0 spiro atoms. The number of rotatable bonds is 2. The van der Waals surface area contributed by atoms with Crippen molar-refractivity contribution in [3.05, 3.63) is 0 Å². The molecule has 2 rings (SSSR count). The van der Waals surface area contributed by atoms with Crippen LogP contribution in [-0.4, -0.2) is 48.4 Å². The molecule has 14 heavy (non-hydrogen) atoms. The van der Waals surface area contributed by atoms with Crippen molar-refractivity contribution in [1.29, 1.82) is 0 Å². The second kappa shape index (κ2) is 4.32. The van der Waals surface area contributed by atoms with Gasteiger partial charge in [-0.05, 0) is 32.2 Å². The van der Waals surface area contributed by atoms with Gasteiger partial charge in [0.15, 0.2) is 0 Å². The van der Waals surface area contributed by atoms with Crippen LogP contribution in [0.1, 0.15) is 25.7 Å². The third kappa shape index (κ3) is 1.79. The molecule has 2 unspecified atom stereocenters. The molecular weight excluding hydrogens is 179 g/mol. The van der Waals surface area contributed by atoms with Crippen LogP contribution in [0, 0.1) is 0 Å². The Morgan fingerprint density at radius 3 is 2.93 bits per heavy atom. The van der Waals surface area contributed by atoms with Gasteiger partial charge in [0, 0.05) is 12.5 Å². The van der Waals surface area contributed by atoms with Crippen LogP contribution >= 0.6 is 0 Å². The molecule has 2 aliphatic heterocycles. The van der Waals surface area contributed by atoms with Gasteiger partial charge in [-0.2, -0.15) is 0 Å². The maximum Gasteiger partial charge on any atom is 0.312 e. The van der Waals surface area contributed by atoms with Crippen LogP contribution in [0.25, 0.3) is 0 Å². The van der Waals surface area contributed by atoms with Crippen LogP contribution in [0.2, 0.25) is 0 Å². The quantitative estimate of drug-likeness (QED) is 0.573. The minimum atomic E-state index is -0.0510. The molecule has 0 bridgehead atoms. The van der Waals surface area contributed by atoms with Gasteiger partial charge < -0.3 is 15.2 Å². The Hall–Kier alpha value is -0.545. The predicted molar refractivity (Wildman–Crippen MR) is 53.7 cm³/mol. The Morgan fingerprint density at radius 2 is 2.29 bits per heavy atom. The minimum absolute atomic E-state index is 0.00412. The summed E-state index contributed by atoms with van der Waals surface area (Å²) >= 11 is 0. The first-order valence-electron chi connectivity index (χ1n) is 5.34. The molecular formula is C9H16BN2O2. The van der Waals surface area contributed by atoms with Crippen molar-refractivity contribution >= 4 is 13.4 Å². The largest absolute Gasteiger partial charge is 0.452 e. The van der Waals surface area contributed by atoms with Gasteiger partial charge in [0.1, 0.15) is 0 Å². The molecule has 2 heterocycles. The van der Waals surface area contributed by atoms with E-state index in [0.717, 1.165) is 46.3 Å². The summed E-state index contributed by atoms with van der Waals surface area (Å²) in [7, 11) is 1.15. The van der Waals surface area contributed by atoms with E-state index in [0.29, 0.717) is 0 Å². The van der Waals surface area contributed by atoms with Crippen LogP contribution in [0.3, 0.4) is 0 Å². The molecule has 0 aliphatic carbocycles. The summed E-state index contributed by atoms with van der Waals surface area (Å²) in [5, 5.41) is 12.2. The Labute approximate surface area is 84.9 Å². The maximum atomic E-state index is 11.9. The molecule has 2 saturated heterocycles. The summed E-state index contributed by atoms with van der Waals surface area (Å²) in [6.07, 6.45) is 3.92. The number of carbonyl (C=O) groups excluding carboxylic acids is 1. The maximum absolute atomic E-state index is 11.9. The molecule has 2 aliphatic rings. The minimum Gasteiger partial charge on any atom is -0.452 e. The highest BCUT2D eigenvalue weighted by Crippen LogP contribution is 2.19. The Kier molecular flexibility index (Phi) is 3.08. The number of likely N-dealkylation sites (tertiary alicyclic amines) is 1. The van der Waals surface area contributed by atoms with Gasteiger partial charge >= 0.3 is 7.48 Å². The molecule has 0 aromatic carbocycles. The summed E-state index contributed by atoms with van der Waals surface area (Å²) in [5.41, 5.74) is 0. The van der Waals surface area contributed by atoms with Crippen LogP contribution in [-0.2, 0) is 4.79 Å². The van der Waals surface area contributed by atoms with Gasteiger partial charge in [-0.1, -0.05) is 0 Å². The average molecular weight is 195 g/mol. The number of hydrogen-bond acceptors (Lipinski definition) is 3. The highest BCUT2D eigenvalue weighted by Gasteiger charge is 2.34. The number of nitrogens with one attached hydrogen (secondary N) is 1. The van der Waals surface area contributed by atoms with Crippen molar-refractivity contribution in [3.8, 4) is 0 Å². The van der Waals surface area contributed by atoms with Crippen LogP contribution < -0.4 is 5.32 Å². The molecule has 77 valence electrons. The molecule has 5 heteroatoms. The lowest BCUT2D eigenvalue weighted by Gasteiger charge is -2.25. The standard InChI is InChI=1S/C9H16BN2O2/c13-9(7-3-1-5-11-7)12-6-2-4-8(12)10-14/h7-8,11,14H,1-6H2. The van der Waals surface area contributed by atoms with Crippen molar-refractivity contribution < 1.29 is 9.82 Å². The lowest BCUT2D eigenvalue weighted by molar-refractivity contribution is -0.132. The fourth-order valence-corrected chi connectivity index (χ4v) is 2.32. The number of hydrogen-bond donors (Lipinski definition) is 2. The molecule has 1 radical (unpaired) electrons. The number of nitrogens with zero attached hydrogens (tertiary/aromatic N) is 1. The highest BCUT2D eigenvalue weighted by molar-refractivity contribution is 6.28. The molecule has 2 atom stereocenters. The van der Waals surface area contributed by atoms with E-state index in [1.165, 1.54) is 0 Å². The molecule has 0 aromatic rings. The monoisotopic (exact) mass is 195 g/mol. The highest BCUT2D eigenvalue weighted by atomic mass is 16.2. The molecule has 4 nitrogen and oxygen atoms in total. The summed E-state index contributed by atoms with van der Waals surface area (Å²) in [6.45, 7) is 1.73. The average Bonchev–Trinajstić information content (AvgIpc) is 2.87. The van der Waals surface area contributed by atoms with Gasteiger partial charge in [-0.15, -0.1) is 0 Å². The van der Waals surface area contributed by atoms with Crippen LogP contribution in [0.15, 0.2) is 0 Å². The van der Waals surface area contributed by atoms with Crippen molar-refractivity contribution in [2.75, 3.05) is 13.1 Å². The van der Waals surface area contributed by atoms with E-state index in [2.05, 4.69) is 5.32 Å². The Bertz CT molecular complexity index is 219.